The molecule has 1 N–H and O–H groups in total. The Morgan fingerprint density at radius 2 is 2.00 bits per heavy atom. The molecule has 0 radical (unpaired) electrons. The van der Waals surface area contributed by atoms with Gasteiger partial charge >= 0.3 is 0 Å². The van der Waals surface area contributed by atoms with Gasteiger partial charge in [-0.2, -0.15) is 0 Å². The zero-order valence-corrected chi connectivity index (χ0v) is 19.5. The SMILES string of the molecule is COCCCN1C(=O)/C(=C/c2ccc(O[C@H](NC(C)=O)C(Cl)(Cl)Cl)cc2)SC1=S. The molecule has 0 aliphatic carbocycles. The predicted molar refractivity (Wildman–Crippen MR) is 121 cm³/mol. The molecule has 1 atom stereocenters. The smallest absolute Gasteiger partial charge is 0.266 e. The standard InChI is InChI=1S/C18H19Cl3N2O4S2/c1-11(24)22-16(18(19,20)21)27-13-6-4-12(5-7-13)10-14-15(25)23(17(28)29-14)8-3-9-26-2/h4-7,10,16H,3,8-9H2,1-2H3,(H,22,24)/b14-10-/t16-/m0/s1. The molecule has 1 saturated heterocycles. The van der Waals surface area contributed by atoms with Crippen molar-refractivity contribution in [1.82, 2.24) is 10.2 Å². The maximum atomic E-state index is 12.5. The molecule has 6 nitrogen and oxygen atoms in total. The van der Waals surface area contributed by atoms with Gasteiger partial charge in [0, 0.05) is 27.2 Å². The zero-order valence-electron chi connectivity index (χ0n) is 15.6. The second kappa shape index (κ2) is 10.8. The van der Waals surface area contributed by atoms with E-state index in [4.69, 9.17) is 56.5 Å². The number of amides is 2. The summed E-state index contributed by atoms with van der Waals surface area (Å²) >= 11 is 24.1. The molecule has 2 amide bonds. The molecule has 1 aliphatic heterocycles. The number of halogens is 3. The van der Waals surface area contributed by atoms with Crippen molar-refractivity contribution in [2.75, 3.05) is 20.3 Å². The van der Waals surface area contributed by atoms with Crippen molar-refractivity contribution >= 4 is 81.0 Å². The van der Waals surface area contributed by atoms with Crippen LogP contribution in [0.15, 0.2) is 29.2 Å². The van der Waals surface area contributed by atoms with Gasteiger partial charge < -0.3 is 14.8 Å². The lowest BCUT2D eigenvalue weighted by Gasteiger charge is -2.25. The van der Waals surface area contributed by atoms with Crippen LogP contribution in [0.2, 0.25) is 0 Å². The summed E-state index contributed by atoms with van der Waals surface area (Å²) in [5.41, 5.74) is 0.778. The van der Waals surface area contributed by atoms with Gasteiger partial charge in [0.15, 0.2) is 0 Å². The van der Waals surface area contributed by atoms with Gasteiger partial charge in [-0.15, -0.1) is 0 Å². The van der Waals surface area contributed by atoms with Crippen molar-refractivity contribution in [1.29, 1.82) is 0 Å². The molecule has 0 spiro atoms. The summed E-state index contributed by atoms with van der Waals surface area (Å²) < 4.78 is 9.26. The summed E-state index contributed by atoms with van der Waals surface area (Å²) in [5, 5.41) is 2.43. The first-order valence-electron chi connectivity index (χ1n) is 8.46. The van der Waals surface area contributed by atoms with E-state index < -0.39 is 15.9 Å². The Morgan fingerprint density at radius 1 is 1.34 bits per heavy atom. The fourth-order valence-electron chi connectivity index (χ4n) is 2.35. The predicted octanol–water partition coefficient (Wildman–Crippen LogP) is 4.14. The highest BCUT2D eigenvalue weighted by Crippen LogP contribution is 2.34. The lowest BCUT2D eigenvalue weighted by atomic mass is 10.2. The van der Waals surface area contributed by atoms with Crippen molar-refractivity contribution in [2.24, 2.45) is 0 Å². The number of carbonyl (C=O) groups is 2. The van der Waals surface area contributed by atoms with Crippen LogP contribution >= 0.6 is 58.8 Å². The molecule has 11 heteroatoms. The highest BCUT2D eigenvalue weighted by Gasteiger charge is 2.35. The summed E-state index contributed by atoms with van der Waals surface area (Å²) in [7, 11) is 1.61. The van der Waals surface area contributed by atoms with E-state index in [1.165, 1.54) is 18.7 Å². The average molecular weight is 498 g/mol. The molecule has 0 saturated carbocycles. The maximum Gasteiger partial charge on any atom is 0.266 e. The van der Waals surface area contributed by atoms with E-state index in [0.29, 0.717) is 34.5 Å². The number of nitrogens with one attached hydrogen (secondary N) is 1. The normalized spacial score (nSPS) is 17.0. The van der Waals surface area contributed by atoms with Crippen LogP contribution in [0.25, 0.3) is 6.08 Å². The van der Waals surface area contributed by atoms with E-state index >= 15 is 0 Å². The molecule has 1 fully saturated rings. The number of thioether (sulfide) groups is 1. The Bertz CT molecular complexity index is 797. The third kappa shape index (κ3) is 7.31. The van der Waals surface area contributed by atoms with Gasteiger partial charge in [-0.05, 0) is 30.2 Å². The minimum absolute atomic E-state index is 0.127. The number of methoxy groups -OCH3 is 1. The summed E-state index contributed by atoms with van der Waals surface area (Å²) in [6.07, 6.45) is 1.31. The van der Waals surface area contributed by atoms with E-state index in [1.807, 2.05) is 0 Å². The fraction of sp³-hybridized carbons (Fsp3) is 0.389. The van der Waals surface area contributed by atoms with E-state index in [1.54, 1.807) is 42.4 Å². The first-order valence-corrected chi connectivity index (χ1v) is 10.8. The summed E-state index contributed by atoms with van der Waals surface area (Å²) in [6.45, 7) is 2.37. The van der Waals surface area contributed by atoms with E-state index in [0.717, 1.165) is 5.56 Å². The van der Waals surface area contributed by atoms with Crippen LogP contribution < -0.4 is 10.1 Å². The first kappa shape index (κ1) is 24.2. The van der Waals surface area contributed by atoms with E-state index in [-0.39, 0.29) is 5.91 Å². The van der Waals surface area contributed by atoms with E-state index in [9.17, 15) is 9.59 Å². The summed E-state index contributed by atoms with van der Waals surface area (Å²) in [5.74, 6) is -0.136. The number of benzene rings is 1. The number of alkyl halides is 3. The van der Waals surface area contributed by atoms with Crippen LogP contribution in [-0.2, 0) is 14.3 Å². The quantitative estimate of drug-likeness (QED) is 0.191. The monoisotopic (exact) mass is 496 g/mol. The molecule has 29 heavy (non-hydrogen) atoms. The van der Waals surface area contributed by atoms with E-state index in [2.05, 4.69) is 5.32 Å². The Balaban J connectivity index is 2.07. The molecule has 1 aromatic rings. The fourth-order valence-corrected chi connectivity index (χ4v) is 3.96. The first-order chi connectivity index (χ1) is 13.6. The van der Waals surface area contributed by atoms with Gasteiger partial charge in [0.1, 0.15) is 10.1 Å². The number of carbonyl (C=O) groups excluding carboxylic acids is 2. The van der Waals surface area contributed by atoms with Crippen molar-refractivity contribution in [3.8, 4) is 5.75 Å². The maximum absolute atomic E-state index is 12.5. The molecule has 158 valence electrons. The molecule has 2 rings (SSSR count). The summed E-state index contributed by atoms with van der Waals surface area (Å²) in [6, 6.07) is 6.79. The van der Waals surface area contributed by atoms with Crippen LogP contribution in [-0.4, -0.2) is 51.3 Å². The highest BCUT2D eigenvalue weighted by atomic mass is 35.6. The van der Waals surface area contributed by atoms with Gasteiger partial charge in [0.25, 0.3) is 5.91 Å². The molecular weight excluding hydrogens is 479 g/mol. The third-order valence-electron chi connectivity index (χ3n) is 3.67. The minimum Gasteiger partial charge on any atom is -0.466 e. The number of thiocarbonyl (C=S) groups is 1. The number of hydrogen-bond acceptors (Lipinski definition) is 6. The van der Waals surface area contributed by atoms with Crippen molar-refractivity contribution in [3.63, 3.8) is 0 Å². The van der Waals surface area contributed by atoms with Crippen LogP contribution in [0.5, 0.6) is 5.75 Å². The minimum atomic E-state index is -1.85. The molecule has 0 bridgehead atoms. The second-order valence-electron chi connectivity index (χ2n) is 5.99. The van der Waals surface area contributed by atoms with Crippen LogP contribution in [0.1, 0.15) is 18.9 Å². The molecule has 1 aliphatic rings. The van der Waals surface area contributed by atoms with Crippen molar-refractivity contribution < 1.29 is 19.1 Å². The molecule has 1 heterocycles. The van der Waals surface area contributed by atoms with Crippen molar-refractivity contribution in [3.05, 3.63) is 34.7 Å². The largest absolute Gasteiger partial charge is 0.466 e. The Labute approximate surface area is 193 Å². The van der Waals surface area contributed by atoms with Gasteiger partial charge in [-0.3, -0.25) is 14.5 Å². The van der Waals surface area contributed by atoms with Crippen molar-refractivity contribution in [2.45, 2.75) is 23.4 Å². The number of rotatable bonds is 8. The number of hydrogen-bond donors (Lipinski definition) is 1. The van der Waals surface area contributed by atoms with Crippen LogP contribution in [0.4, 0.5) is 0 Å². The third-order valence-corrected chi connectivity index (χ3v) is 5.64. The zero-order chi connectivity index (χ0) is 21.6. The van der Waals surface area contributed by atoms with Gasteiger partial charge in [0.2, 0.25) is 15.9 Å². The highest BCUT2D eigenvalue weighted by molar-refractivity contribution is 8.26. The Kier molecular flexibility index (Phi) is 9.06. The molecular formula is C18H19Cl3N2O4S2. The number of nitrogens with zero attached hydrogens (tertiary/aromatic N) is 1. The van der Waals surface area contributed by atoms with Crippen LogP contribution in [0, 0.1) is 0 Å². The molecule has 0 aromatic heterocycles. The van der Waals surface area contributed by atoms with Crippen LogP contribution in [0.3, 0.4) is 0 Å². The topological polar surface area (TPSA) is 67.9 Å². The molecule has 1 aromatic carbocycles. The second-order valence-corrected chi connectivity index (χ2v) is 10.0. The lowest BCUT2D eigenvalue weighted by Crippen LogP contribution is -2.47. The molecule has 0 unspecified atom stereocenters. The van der Waals surface area contributed by atoms with Gasteiger partial charge in [0.05, 0.1) is 4.91 Å². The number of ether oxygens (including phenoxy) is 2. The van der Waals surface area contributed by atoms with Gasteiger partial charge in [-0.1, -0.05) is 70.9 Å². The summed E-state index contributed by atoms with van der Waals surface area (Å²) in [4.78, 5) is 25.9. The lowest BCUT2D eigenvalue weighted by molar-refractivity contribution is -0.122. The Hall–Kier alpha value is -1.03. The van der Waals surface area contributed by atoms with Gasteiger partial charge in [-0.25, -0.2) is 0 Å². The average Bonchev–Trinajstić information content (AvgIpc) is 2.89. The Morgan fingerprint density at radius 3 is 2.55 bits per heavy atom.